The first-order valence-electron chi connectivity index (χ1n) is 6.94. The summed E-state index contributed by atoms with van der Waals surface area (Å²) in [5.41, 5.74) is 12.2. The molecule has 0 saturated carbocycles. The highest BCUT2D eigenvalue weighted by Gasteiger charge is 2.30. The zero-order valence-corrected chi connectivity index (χ0v) is 12.9. The lowest BCUT2D eigenvalue weighted by molar-refractivity contribution is -0.119. The summed E-state index contributed by atoms with van der Waals surface area (Å²) in [6, 6.07) is 4.84. The van der Waals surface area contributed by atoms with Crippen LogP contribution >= 0.6 is 0 Å². The Kier molecular flexibility index (Phi) is 4.53. The third kappa shape index (κ3) is 3.74. The Morgan fingerprint density at radius 3 is 2.43 bits per heavy atom. The summed E-state index contributed by atoms with van der Waals surface area (Å²) >= 11 is 0. The molecule has 1 aliphatic rings. The van der Waals surface area contributed by atoms with Gasteiger partial charge in [0.05, 0.1) is 4.90 Å². The average Bonchev–Trinajstić information content (AvgIpc) is 2.37. The number of carbonyl (C=O) groups is 1. The van der Waals surface area contributed by atoms with Crippen molar-refractivity contribution >= 4 is 21.6 Å². The van der Waals surface area contributed by atoms with Gasteiger partial charge in [-0.05, 0) is 49.4 Å². The quantitative estimate of drug-likeness (QED) is 0.804. The molecule has 0 aliphatic carbocycles. The van der Waals surface area contributed by atoms with Crippen molar-refractivity contribution in [1.29, 1.82) is 0 Å². The van der Waals surface area contributed by atoms with E-state index in [1.807, 2.05) is 6.92 Å². The molecule has 116 valence electrons. The molecule has 0 radical (unpaired) electrons. The molecular formula is C14H21N3O3S. The fraction of sp³-hybridized carbons (Fsp3) is 0.500. The standard InChI is InChI=1S/C14H21N3O3S/c1-10-6-12(15)9-13(7-10)21(19,20)17-4-2-11(3-5-17)8-14(16)18/h6-7,9,11H,2-5,8,15H2,1H3,(H2,16,18). The van der Waals surface area contributed by atoms with E-state index < -0.39 is 10.0 Å². The number of hydrogen-bond acceptors (Lipinski definition) is 4. The number of piperidine rings is 1. The van der Waals surface area contributed by atoms with Crippen molar-refractivity contribution in [2.24, 2.45) is 11.7 Å². The molecule has 0 bridgehead atoms. The zero-order chi connectivity index (χ0) is 15.6. The van der Waals surface area contributed by atoms with Crippen molar-refractivity contribution in [3.05, 3.63) is 23.8 Å². The van der Waals surface area contributed by atoms with Crippen LogP contribution in [0.5, 0.6) is 0 Å². The number of primary amides is 1. The van der Waals surface area contributed by atoms with E-state index >= 15 is 0 Å². The van der Waals surface area contributed by atoms with Crippen LogP contribution in [0.25, 0.3) is 0 Å². The maximum Gasteiger partial charge on any atom is 0.243 e. The van der Waals surface area contributed by atoms with Crippen LogP contribution in [0.4, 0.5) is 5.69 Å². The largest absolute Gasteiger partial charge is 0.399 e. The first kappa shape index (κ1) is 15.8. The van der Waals surface area contributed by atoms with Gasteiger partial charge < -0.3 is 11.5 Å². The molecule has 1 fully saturated rings. The number of nitrogen functional groups attached to an aromatic ring is 1. The van der Waals surface area contributed by atoms with Crippen LogP contribution in [0, 0.1) is 12.8 Å². The summed E-state index contributed by atoms with van der Waals surface area (Å²) in [4.78, 5) is 11.1. The third-order valence-electron chi connectivity index (χ3n) is 3.77. The molecule has 21 heavy (non-hydrogen) atoms. The van der Waals surface area contributed by atoms with Crippen LogP contribution < -0.4 is 11.5 Å². The van der Waals surface area contributed by atoms with E-state index in [-0.39, 0.29) is 16.7 Å². The molecule has 1 aromatic carbocycles. The lowest BCUT2D eigenvalue weighted by Gasteiger charge is -2.30. The first-order valence-corrected chi connectivity index (χ1v) is 8.38. The SMILES string of the molecule is Cc1cc(N)cc(S(=O)(=O)N2CCC(CC(N)=O)CC2)c1. The van der Waals surface area contributed by atoms with Crippen molar-refractivity contribution in [3.63, 3.8) is 0 Å². The average molecular weight is 311 g/mol. The molecule has 1 saturated heterocycles. The van der Waals surface area contributed by atoms with E-state index in [0.717, 1.165) is 5.56 Å². The molecule has 1 aliphatic heterocycles. The second-order valence-corrected chi connectivity index (χ2v) is 7.54. The number of sulfonamides is 1. The van der Waals surface area contributed by atoms with Gasteiger partial charge in [0.1, 0.15) is 0 Å². The van der Waals surface area contributed by atoms with Crippen molar-refractivity contribution in [2.75, 3.05) is 18.8 Å². The van der Waals surface area contributed by atoms with Crippen LogP contribution in [-0.2, 0) is 14.8 Å². The van der Waals surface area contributed by atoms with E-state index in [0.29, 0.717) is 38.0 Å². The number of benzene rings is 1. The van der Waals surface area contributed by atoms with Crippen LogP contribution in [0.15, 0.2) is 23.1 Å². The molecule has 0 atom stereocenters. The smallest absolute Gasteiger partial charge is 0.243 e. The lowest BCUT2D eigenvalue weighted by Crippen LogP contribution is -2.39. The van der Waals surface area contributed by atoms with Crippen molar-refractivity contribution in [1.82, 2.24) is 4.31 Å². The van der Waals surface area contributed by atoms with Gasteiger partial charge in [0.25, 0.3) is 0 Å². The minimum Gasteiger partial charge on any atom is -0.399 e. The Labute approximate surface area is 125 Å². The summed E-state index contributed by atoms with van der Waals surface area (Å²) in [6.45, 7) is 2.64. The molecule has 6 nitrogen and oxygen atoms in total. The number of nitrogens with two attached hydrogens (primary N) is 2. The van der Waals surface area contributed by atoms with Gasteiger partial charge >= 0.3 is 0 Å². The van der Waals surface area contributed by atoms with Gasteiger partial charge in [-0.25, -0.2) is 8.42 Å². The predicted octanol–water partition coefficient (Wildman–Crippen LogP) is 0.853. The number of aryl methyl sites for hydroxylation is 1. The predicted molar refractivity (Wildman–Crippen MR) is 80.9 cm³/mol. The van der Waals surface area contributed by atoms with Crippen molar-refractivity contribution < 1.29 is 13.2 Å². The summed E-state index contributed by atoms with van der Waals surface area (Å²) < 4.78 is 26.7. The fourth-order valence-electron chi connectivity index (χ4n) is 2.71. The molecule has 4 N–H and O–H groups in total. The molecule has 7 heteroatoms. The summed E-state index contributed by atoms with van der Waals surface area (Å²) in [5.74, 6) is -0.153. The highest BCUT2D eigenvalue weighted by Crippen LogP contribution is 2.26. The Morgan fingerprint density at radius 1 is 1.29 bits per heavy atom. The molecule has 1 amide bonds. The van der Waals surface area contributed by atoms with Crippen LogP contribution in [0.2, 0.25) is 0 Å². The number of hydrogen-bond donors (Lipinski definition) is 2. The van der Waals surface area contributed by atoms with Crippen LogP contribution in [-0.4, -0.2) is 31.7 Å². The molecular weight excluding hydrogens is 290 g/mol. The number of rotatable bonds is 4. The Balaban J connectivity index is 2.13. The van der Waals surface area contributed by atoms with E-state index in [4.69, 9.17) is 11.5 Å². The van der Waals surface area contributed by atoms with Gasteiger partial charge in [0.15, 0.2) is 0 Å². The third-order valence-corrected chi connectivity index (χ3v) is 5.65. The van der Waals surface area contributed by atoms with Gasteiger partial charge in [-0.15, -0.1) is 0 Å². The lowest BCUT2D eigenvalue weighted by atomic mass is 9.94. The molecule has 1 aromatic rings. The van der Waals surface area contributed by atoms with Crippen molar-refractivity contribution in [2.45, 2.75) is 31.1 Å². The molecule has 0 spiro atoms. The van der Waals surface area contributed by atoms with E-state index in [2.05, 4.69) is 0 Å². The van der Waals surface area contributed by atoms with Crippen LogP contribution in [0.1, 0.15) is 24.8 Å². The van der Waals surface area contributed by atoms with Crippen LogP contribution in [0.3, 0.4) is 0 Å². The Bertz CT molecular complexity index is 615. The van der Waals surface area contributed by atoms with Gasteiger partial charge in [0, 0.05) is 25.2 Å². The van der Waals surface area contributed by atoms with Gasteiger partial charge in [0.2, 0.25) is 15.9 Å². The molecule has 2 rings (SSSR count). The van der Waals surface area contributed by atoms with Gasteiger partial charge in [-0.3, -0.25) is 4.79 Å². The summed E-state index contributed by atoms with van der Waals surface area (Å²) in [5, 5.41) is 0. The summed E-state index contributed by atoms with van der Waals surface area (Å²) in [6.07, 6.45) is 1.64. The highest BCUT2D eigenvalue weighted by molar-refractivity contribution is 7.89. The number of nitrogens with zero attached hydrogens (tertiary/aromatic N) is 1. The normalized spacial score (nSPS) is 17.8. The Hall–Kier alpha value is -1.60. The monoisotopic (exact) mass is 311 g/mol. The number of anilines is 1. The Morgan fingerprint density at radius 2 is 1.90 bits per heavy atom. The second kappa shape index (κ2) is 6.03. The molecule has 1 heterocycles. The number of amides is 1. The van der Waals surface area contributed by atoms with E-state index in [1.54, 1.807) is 12.1 Å². The van der Waals surface area contributed by atoms with E-state index in [9.17, 15) is 13.2 Å². The first-order chi connectivity index (χ1) is 9.79. The van der Waals surface area contributed by atoms with Gasteiger partial charge in [-0.2, -0.15) is 4.31 Å². The van der Waals surface area contributed by atoms with E-state index in [1.165, 1.54) is 10.4 Å². The summed E-state index contributed by atoms with van der Waals surface area (Å²) in [7, 11) is -3.52. The highest BCUT2D eigenvalue weighted by atomic mass is 32.2. The second-order valence-electron chi connectivity index (χ2n) is 5.60. The zero-order valence-electron chi connectivity index (χ0n) is 12.1. The number of carbonyl (C=O) groups excluding carboxylic acids is 1. The molecule has 0 unspecified atom stereocenters. The van der Waals surface area contributed by atoms with Gasteiger partial charge in [-0.1, -0.05) is 0 Å². The topological polar surface area (TPSA) is 106 Å². The van der Waals surface area contributed by atoms with Crippen molar-refractivity contribution in [3.8, 4) is 0 Å². The minimum atomic E-state index is -3.52. The maximum absolute atomic E-state index is 12.6. The fourth-order valence-corrected chi connectivity index (χ4v) is 4.32. The maximum atomic E-state index is 12.6. The minimum absolute atomic E-state index is 0.177. The molecule has 0 aromatic heterocycles.